The molecule has 0 aliphatic rings. The molecule has 0 bridgehead atoms. The van der Waals surface area contributed by atoms with Crippen molar-refractivity contribution in [3.05, 3.63) is 9.57 Å². The van der Waals surface area contributed by atoms with Crippen molar-refractivity contribution in [1.82, 2.24) is 0 Å². The lowest BCUT2D eigenvalue weighted by Crippen LogP contribution is -2.15. The summed E-state index contributed by atoms with van der Waals surface area (Å²) in [6.45, 7) is 1.51. The number of halogens is 4. The molecule has 0 saturated carbocycles. The molecule has 0 aromatic rings. The third-order valence-corrected chi connectivity index (χ3v) is 2.78. The summed E-state index contributed by atoms with van der Waals surface area (Å²) >= 11 is 3.73. The van der Waals surface area contributed by atoms with Crippen LogP contribution < -0.4 is 0 Å². The van der Waals surface area contributed by atoms with Gasteiger partial charge in [-0.25, -0.2) is 0 Å². The lowest BCUT2D eigenvalue weighted by atomic mass is 10.5. The van der Waals surface area contributed by atoms with Crippen LogP contribution in [0.3, 0.4) is 0 Å². The van der Waals surface area contributed by atoms with Gasteiger partial charge in [0.1, 0.15) is 0 Å². The first kappa shape index (κ1) is 12.2. The summed E-state index contributed by atoms with van der Waals surface area (Å²) in [5.74, 6) is -0.961. The van der Waals surface area contributed by atoms with Gasteiger partial charge in [0.2, 0.25) is 5.76 Å². The minimum absolute atomic E-state index is 0.00447. The molecule has 0 saturated heterocycles. The summed E-state index contributed by atoms with van der Waals surface area (Å²) in [6.07, 6.45) is -2.88. The number of rotatable bonds is 3. The molecule has 12 heavy (non-hydrogen) atoms. The van der Waals surface area contributed by atoms with E-state index in [1.165, 1.54) is 13.2 Å². The number of hydrogen-bond donors (Lipinski definition) is 0. The Bertz CT molecular complexity index is 178. The second kappa shape index (κ2) is 5.01. The van der Waals surface area contributed by atoms with Crippen molar-refractivity contribution in [3.8, 4) is 0 Å². The molecule has 72 valence electrons. The van der Waals surface area contributed by atoms with Gasteiger partial charge in [-0.15, -0.1) is 11.8 Å². The molecular weight excluding hydrogens is 257 g/mol. The highest BCUT2D eigenvalue weighted by Crippen LogP contribution is 2.35. The molecular formula is C6H8BrF3OS. The van der Waals surface area contributed by atoms with Crippen molar-refractivity contribution in [2.45, 2.75) is 13.1 Å². The van der Waals surface area contributed by atoms with Gasteiger partial charge in [0, 0.05) is 0 Å². The van der Waals surface area contributed by atoms with Crippen LogP contribution in [0.4, 0.5) is 13.2 Å². The lowest BCUT2D eigenvalue weighted by molar-refractivity contribution is -0.129. The van der Waals surface area contributed by atoms with Crippen molar-refractivity contribution in [1.29, 1.82) is 0 Å². The fourth-order valence-corrected chi connectivity index (χ4v) is 1.19. The molecule has 1 nitrogen and oxygen atoms in total. The van der Waals surface area contributed by atoms with Crippen LogP contribution in [0, 0.1) is 0 Å². The number of hydrogen-bond acceptors (Lipinski definition) is 2. The van der Waals surface area contributed by atoms with Crippen molar-refractivity contribution in [2.24, 2.45) is 0 Å². The Balaban J connectivity index is 4.66. The third kappa shape index (κ3) is 3.71. The van der Waals surface area contributed by atoms with Gasteiger partial charge in [0.15, 0.2) is 0 Å². The van der Waals surface area contributed by atoms with Crippen molar-refractivity contribution in [3.63, 3.8) is 0 Å². The Morgan fingerprint density at radius 2 is 2.00 bits per heavy atom. The molecule has 0 spiro atoms. The molecule has 0 atom stereocenters. The fourth-order valence-electron chi connectivity index (χ4n) is 0.487. The summed E-state index contributed by atoms with van der Waals surface area (Å²) in [7, 11) is 0. The molecule has 0 amide bonds. The first-order valence-corrected chi connectivity index (χ1v) is 5.09. The molecule has 0 aliphatic heterocycles. The molecule has 0 aliphatic carbocycles. The monoisotopic (exact) mass is 264 g/mol. The van der Waals surface area contributed by atoms with E-state index in [0.29, 0.717) is 0 Å². The van der Waals surface area contributed by atoms with Gasteiger partial charge in [-0.3, -0.25) is 0 Å². The van der Waals surface area contributed by atoms with E-state index >= 15 is 0 Å². The van der Waals surface area contributed by atoms with E-state index in [9.17, 15) is 13.2 Å². The van der Waals surface area contributed by atoms with Gasteiger partial charge in [0.25, 0.3) is 0 Å². The maximum atomic E-state index is 12.1. The average Bonchev–Trinajstić information content (AvgIpc) is 1.96. The van der Waals surface area contributed by atoms with E-state index in [2.05, 4.69) is 20.7 Å². The van der Waals surface area contributed by atoms with Crippen LogP contribution in [0.5, 0.6) is 0 Å². The molecule has 0 fully saturated rings. The van der Waals surface area contributed by atoms with Crippen molar-refractivity contribution >= 4 is 27.7 Å². The highest BCUT2D eigenvalue weighted by atomic mass is 79.9. The molecule has 0 heterocycles. The Labute approximate surface area is 81.5 Å². The quantitative estimate of drug-likeness (QED) is 0.722. The van der Waals surface area contributed by atoms with E-state index in [1.54, 1.807) is 0 Å². The predicted octanol–water partition coefficient (Wildman–Crippen LogP) is 3.51. The van der Waals surface area contributed by atoms with Crippen LogP contribution in [0.15, 0.2) is 9.57 Å². The van der Waals surface area contributed by atoms with Crippen LogP contribution >= 0.6 is 27.7 Å². The average molecular weight is 265 g/mol. The molecule has 0 radical (unpaired) electrons. The Morgan fingerprint density at radius 1 is 1.50 bits per heavy atom. The highest BCUT2D eigenvalue weighted by Gasteiger charge is 2.38. The SMILES string of the molecule is CCO/C(=C(/Br)SC)C(F)(F)F. The summed E-state index contributed by atoms with van der Waals surface area (Å²) in [5, 5.41) is 0. The minimum Gasteiger partial charge on any atom is -0.488 e. The van der Waals surface area contributed by atoms with Gasteiger partial charge in [-0.05, 0) is 29.1 Å². The van der Waals surface area contributed by atoms with E-state index in [4.69, 9.17) is 0 Å². The maximum Gasteiger partial charge on any atom is 0.450 e. The van der Waals surface area contributed by atoms with Gasteiger partial charge < -0.3 is 4.74 Å². The van der Waals surface area contributed by atoms with Gasteiger partial charge in [-0.2, -0.15) is 13.2 Å². The maximum absolute atomic E-state index is 12.1. The summed E-state index contributed by atoms with van der Waals surface area (Å²) in [6, 6.07) is 0. The molecule has 0 rings (SSSR count). The van der Waals surface area contributed by atoms with Crippen LogP contribution in [0.1, 0.15) is 6.92 Å². The fraction of sp³-hybridized carbons (Fsp3) is 0.667. The van der Waals surface area contributed by atoms with Crippen molar-refractivity contribution < 1.29 is 17.9 Å². The third-order valence-electron chi connectivity index (χ3n) is 0.904. The standard InChI is InChI=1S/C6H8BrF3OS/c1-3-11-4(5(7)12-2)6(8,9)10/h3H2,1-2H3/b5-4-. The second-order valence-corrected chi connectivity index (χ2v) is 3.87. The first-order chi connectivity index (χ1) is 5.43. The zero-order valence-corrected chi connectivity index (χ0v) is 8.94. The number of alkyl halides is 3. The normalized spacial score (nSPS) is 14.2. The van der Waals surface area contributed by atoms with Crippen LogP contribution in [0.25, 0.3) is 0 Å². The zero-order chi connectivity index (χ0) is 9.78. The van der Waals surface area contributed by atoms with Crippen LogP contribution in [-0.2, 0) is 4.74 Å². The van der Waals surface area contributed by atoms with Gasteiger partial charge >= 0.3 is 6.18 Å². The van der Waals surface area contributed by atoms with E-state index in [-0.39, 0.29) is 10.4 Å². The Morgan fingerprint density at radius 3 is 2.25 bits per heavy atom. The molecule has 0 unspecified atom stereocenters. The van der Waals surface area contributed by atoms with Crippen LogP contribution in [-0.4, -0.2) is 19.0 Å². The lowest BCUT2D eigenvalue weighted by Gasteiger charge is -2.13. The Kier molecular flexibility index (Phi) is 5.08. The number of allylic oxidation sites excluding steroid dienone is 1. The second-order valence-electron chi connectivity index (χ2n) is 1.74. The van der Waals surface area contributed by atoms with Gasteiger partial charge in [-0.1, -0.05) is 0 Å². The minimum atomic E-state index is -4.42. The largest absolute Gasteiger partial charge is 0.488 e. The predicted molar refractivity (Wildman–Crippen MR) is 47.1 cm³/mol. The summed E-state index contributed by atoms with van der Waals surface area (Å²) in [4.78, 5) is 0. The van der Waals surface area contributed by atoms with E-state index in [1.807, 2.05) is 0 Å². The topological polar surface area (TPSA) is 9.23 Å². The summed E-state index contributed by atoms with van der Waals surface area (Å²) in [5.41, 5.74) is 0. The zero-order valence-electron chi connectivity index (χ0n) is 6.54. The summed E-state index contributed by atoms with van der Waals surface area (Å²) < 4.78 is 40.8. The van der Waals surface area contributed by atoms with Crippen LogP contribution in [0.2, 0.25) is 0 Å². The smallest absolute Gasteiger partial charge is 0.450 e. The molecule has 0 aromatic carbocycles. The Hall–Kier alpha value is 0.160. The van der Waals surface area contributed by atoms with Gasteiger partial charge in [0.05, 0.1) is 10.4 Å². The van der Waals surface area contributed by atoms with E-state index in [0.717, 1.165) is 11.8 Å². The number of thioether (sulfide) groups is 1. The van der Waals surface area contributed by atoms with Crippen molar-refractivity contribution in [2.75, 3.05) is 12.9 Å². The first-order valence-electron chi connectivity index (χ1n) is 3.07. The van der Waals surface area contributed by atoms with E-state index < -0.39 is 11.9 Å². The highest BCUT2D eigenvalue weighted by molar-refractivity contribution is 9.14. The molecule has 0 aromatic heterocycles. The molecule has 0 N–H and O–H groups in total. The molecule has 6 heteroatoms. The number of ether oxygens (including phenoxy) is 1.